The van der Waals surface area contributed by atoms with Gasteiger partial charge in [-0.2, -0.15) is 0 Å². The van der Waals surface area contributed by atoms with E-state index < -0.39 is 0 Å². The molecule has 1 rings (SSSR count). The highest BCUT2D eigenvalue weighted by molar-refractivity contribution is 5.75. The van der Waals surface area contributed by atoms with Crippen LogP contribution in [0.3, 0.4) is 0 Å². The minimum absolute atomic E-state index is 0.104. The lowest BCUT2D eigenvalue weighted by molar-refractivity contribution is 0.289. The molecule has 0 spiro atoms. The van der Waals surface area contributed by atoms with Crippen molar-refractivity contribution >= 4 is 5.96 Å². The van der Waals surface area contributed by atoms with Gasteiger partial charge < -0.3 is 20.9 Å². The van der Waals surface area contributed by atoms with Crippen LogP contribution >= 0.6 is 0 Å². The van der Waals surface area contributed by atoms with Gasteiger partial charge in [-0.1, -0.05) is 168 Å². The van der Waals surface area contributed by atoms with E-state index in [4.69, 9.17) is 20.9 Å². The van der Waals surface area contributed by atoms with E-state index in [0.29, 0.717) is 6.54 Å². The molecule has 0 radical (unpaired) electrons. The Morgan fingerprint density at radius 2 is 0.767 bits per heavy atom. The van der Waals surface area contributed by atoms with Crippen LogP contribution in [0.15, 0.2) is 23.2 Å². The van der Waals surface area contributed by atoms with Crippen molar-refractivity contribution in [1.82, 2.24) is 0 Å². The van der Waals surface area contributed by atoms with E-state index in [1.807, 2.05) is 18.2 Å². The number of guanidine groups is 1. The zero-order valence-electron chi connectivity index (χ0n) is 28.7. The number of benzene rings is 1. The molecule has 0 atom stereocenters. The fourth-order valence-electron chi connectivity index (χ4n) is 5.69. The molecule has 0 aliphatic heterocycles. The Bertz CT molecular complexity index is 713. The number of rotatable bonds is 32. The highest BCUT2D eigenvalue weighted by Gasteiger charge is 2.05. The van der Waals surface area contributed by atoms with Crippen LogP contribution in [0.25, 0.3) is 0 Å². The maximum atomic E-state index is 6.13. The summed E-state index contributed by atoms with van der Waals surface area (Å²) >= 11 is 0. The first-order chi connectivity index (χ1) is 21.2. The van der Waals surface area contributed by atoms with Crippen LogP contribution in [0.2, 0.25) is 0 Å². The minimum atomic E-state index is 0.104. The topological polar surface area (TPSA) is 82.9 Å². The molecule has 43 heavy (non-hydrogen) atoms. The van der Waals surface area contributed by atoms with Crippen molar-refractivity contribution in [3.05, 3.63) is 23.8 Å². The second kappa shape index (κ2) is 30.1. The predicted molar refractivity (Wildman–Crippen MR) is 188 cm³/mol. The Kier molecular flexibility index (Phi) is 27.4. The lowest BCUT2D eigenvalue weighted by Crippen LogP contribution is -2.22. The van der Waals surface area contributed by atoms with Gasteiger partial charge in [0.2, 0.25) is 0 Å². The largest absolute Gasteiger partial charge is 0.493 e. The van der Waals surface area contributed by atoms with Crippen molar-refractivity contribution in [3.8, 4) is 11.5 Å². The molecule has 250 valence electrons. The van der Waals surface area contributed by atoms with Crippen molar-refractivity contribution in [1.29, 1.82) is 0 Å². The molecule has 5 nitrogen and oxygen atoms in total. The third kappa shape index (κ3) is 26.2. The summed E-state index contributed by atoms with van der Waals surface area (Å²) in [5, 5.41) is 0. The molecule has 0 aliphatic carbocycles. The Balaban J connectivity index is 2.17. The monoisotopic (exact) mass is 602 g/mol. The first-order valence-electron chi connectivity index (χ1n) is 18.6. The summed E-state index contributed by atoms with van der Waals surface area (Å²) in [7, 11) is 0. The minimum Gasteiger partial charge on any atom is -0.493 e. The lowest BCUT2D eigenvalue weighted by Gasteiger charge is -2.12. The third-order valence-electron chi connectivity index (χ3n) is 8.42. The maximum absolute atomic E-state index is 6.13. The van der Waals surface area contributed by atoms with E-state index in [2.05, 4.69) is 18.8 Å². The van der Waals surface area contributed by atoms with Crippen LogP contribution in [-0.4, -0.2) is 19.2 Å². The summed E-state index contributed by atoms with van der Waals surface area (Å²) < 4.78 is 12.3. The molecule has 5 heteroatoms. The number of hydrogen-bond acceptors (Lipinski definition) is 3. The van der Waals surface area contributed by atoms with E-state index in [1.54, 1.807) is 0 Å². The lowest BCUT2D eigenvalue weighted by atomic mass is 10.0. The van der Waals surface area contributed by atoms with Crippen LogP contribution in [0, 0.1) is 0 Å². The normalized spacial score (nSPS) is 11.1. The summed E-state index contributed by atoms with van der Waals surface area (Å²) in [6.45, 7) is 6.48. The maximum Gasteiger partial charge on any atom is 0.186 e. The Hall–Kier alpha value is -1.91. The van der Waals surface area contributed by atoms with E-state index >= 15 is 0 Å². The average molecular weight is 602 g/mol. The van der Waals surface area contributed by atoms with E-state index in [1.165, 1.54) is 154 Å². The Morgan fingerprint density at radius 3 is 1.07 bits per heavy atom. The molecule has 0 unspecified atom stereocenters. The summed E-state index contributed by atoms with van der Waals surface area (Å²) in [5.41, 5.74) is 12.2. The van der Waals surface area contributed by atoms with Gasteiger partial charge in [-0.3, -0.25) is 0 Å². The number of nitrogens with zero attached hydrogens (tertiary/aromatic N) is 1. The molecule has 0 heterocycles. The van der Waals surface area contributed by atoms with Crippen LogP contribution in [-0.2, 0) is 6.54 Å². The SMILES string of the molecule is CCCCCCCCCCCCCCCOc1cc(CN=C(N)N)cc(OCCCCCCCCCCCCCCC)c1. The van der Waals surface area contributed by atoms with E-state index in [-0.39, 0.29) is 5.96 Å². The molecule has 0 aromatic heterocycles. The first-order valence-corrected chi connectivity index (χ1v) is 18.6. The molecule has 0 amide bonds. The highest BCUT2D eigenvalue weighted by atomic mass is 16.5. The van der Waals surface area contributed by atoms with Crippen molar-refractivity contribution in [2.75, 3.05) is 13.2 Å². The van der Waals surface area contributed by atoms with Gasteiger partial charge in [-0.25, -0.2) is 4.99 Å². The summed E-state index contributed by atoms with van der Waals surface area (Å²) in [5.74, 6) is 1.80. The number of ether oxygens (including phenoxy) is 2. The molecule has 0 aliphatic rings. The number of aliphatic imine (C=N–C) groups is 1. The molecule has 0 saturated heterocycles. The summed E-state index contributed by atoms with van der Waals surface area (Å²) in [4.78, 5) is 4.18. The number of hydrogen-bond donors (Lipinski definition) is 2. The van der Waals surface area contributed by atoms with Crippen LogP contribution in [0.5, 0.6) is 11.5 Å². The summed E-state index contributed by atoms with van der Waals surface area (Å²) in [6.07, 6.45) is 35.2. The van der Waals surface area contributed by atoms with Crippen molar-refractivity contribution in [2.24, 2.45) is 16.5 Å². The molecule has 0 fully saturated rings. The quantitative estimate of drug-likeness (QED) is 0.0489. The van der Waals surface area contributed by atoms with Crippen LogP contribution in [0.1, 0.15) is 186 Å². The smallest absolute Gasteiger partial charge is 0.186 e. The van der Waals surface area contributed by atoms with Gasteiger partial charge in [0.1, 0.15) is 11.5 Å². The molecular weight excluding hydrogens is 530 g/mol. The Morgan fingerprint density at radius 1 is 0.465 bits per heavy atom. The molecular formula is C38H71N3O2. The second-order valence-electron chi connectivity index (χ2n) is 12.7. The fraction of sp³-hybridized carbons (Fsp3) is 0.816. The molecule has 4 N–H and O–H groups in total. The van der Waals surface area contributed by atoms with Crippen LogP contribution < -0.4 is 20.9 Å². The number of nitrogens with two attached hydrogens (primary N) is 2. The Labute approximate surface area is 267 Å². The van der Waals surface area contributed by atoms with Gasteiger partial charge in [0.25, 0.3) is 0 Å². The molecule has 1 aromatic rings. The van der Waals surface area contributed by atoms with Gasteiger partial charge in [0.05, 0.1) is 19.8 Å². The molecule has 0 bridgehead atoms. The van der Waals surface area contributed by atoms with Crippen molar-refractivity contribution in [3.63, 3.8) is 0 Å². The average Bonchev–Trinajstić information content (AvgIpc) is 3.00. The highest BCUT2D eigenvalue weighted by Crippen LogP contribution is 2.25. The zero-order valence-corrected chi connectivity index (χ0v) is 28.7. The van der Waals surface area contributed by atoms with Gasteiger partial charge in [0, 0.05) is 6.07 Å². The predicted octanol–water partition coefficient (Wildman–Crippen LogP) is 11.4. The summed E-state index contributed by atoms with van der Waals surface area (Å²) in [6, 6.07) is 6.09. The second-order valence-corrected chi connectivity index (χ2v) is 12.7. The molecule has 0 saturated carbocycles. The van der Waals surface area contributed by atoms with Gasteiger partial charge in [0.15, 0.2) is 5.96 Å². The van der Waals surface area contributed by atoms with Gasteiger partial charge in [-0.05, 0) is 30.5 Å². The van der Waals surface area contributed by atoms with Crippen molar-refractivity contribution < 1.29 is 9.47 Å². The van der Waals surface area contributed by atoms with Crippen LogP contribution in [0.4, 0.5) is 0 Å². The number of unbranched alkanes of at least 4 members (excludes halogenated alkanes) is 24. The van der Waals surface area contributed by atoms with E-state index in [9.17, 15) is 0 Å². The third-order valence-corrected chi connectivity index (χ3v) is 8.42. The van der Waals surface area contributed by atoms with Gasteiger partial charge in [-0.15, -0.1) is 0 Å². The first kappa shape index (κ1) is 39.1. The fourth-order valence-corrected chi connectivity index (χ4v) is 5.69. The molecule has 1 aromatic carbocycles. The zero-order chi connectivity index (χ0) is 31.1. The van der Waals surface area contributed by atoms with E-state index in [0.717, 1.165) is 43.1 Å². The van der Waals surface area contributed by atoms with Crippen molar-refractivity contribution in [2.45, 2.75) is 187 Å². The van der Waals surface area contributed by atoms with Gasteiger partial charge >= 0.3 is 0 Å². The standard InChI is InChI=1S/C38H71N3O2/c1-3-5-7-9-11-13-15-17-19-21-23-25-27-29-42-36-31-35(34-41-38(39)40)32-37(33-36)43-30-28-26-24-22-20-18-16-14-12-10-8-6-4-2/h31-33H,3-30,34H2,1-2H3,(H4,39,40,41).